The van der Waals surface area contributed by atoms with E-state index in [0.717, 1.165) is 38.3 Å². The second-order valence-electron chi connectivity index (χ2n) is 3.62. The minimum atomic E-state index is 0.364. The van der Waals surface area contributed by atoms with E-state index in [2.05, 4.69) is 14.9 Å². The number of rotatable bonds is 2. The van der Waals surface area contributed by atoms with Crippen molar-refractivity contribution in [3.05, 3.63) is 24.3 Å². The van der Waals surface area contributed by atoms with Gasteiger partial charge in [0.15, 0.2) is 0 Å². The van der Waals surface area contributed by atoms with Gasteiger partial charge >= 0.3 is 0 Å². The molecule has 2 rings (SSSR count). The van der Waals surface area contributed by atoms with E-state index in [9.17, 15) is 0 Å². The average molecular weight is 212 g/mol. The van der Waals surface area contributed by atoms with E-state index in [0.29, 0.717) is 5.38 Å². The van der Waals surface area contributed by atoms with Gasteiger partial charge in [-0.1, -0.05) is 0 Å². The fourth-order valence-electron chi connectivity index (χ4n) is 1.67. The Morgan fingerprint density at radius 2 is 1.93 bits per heavy atom. The maximum Gasteiger partial charge on any atom is 0.142 e. The number of nitrogens with zero attached hydrogens (tertiary/aromatic N) is 3. The molecule has 0 unspecified atom stereocenters. The Morgan fingerprint density at radius 1 is 1.29 bits per heavy atom. The van der Waals surface area contributed by atoms with Crippen LogP contribution in [0.1, 0.15) is 18.7 Å². The molecule has 3 nitrogen and oxygen atoms in total. The molecule has 0 radical (unpaired) electrons. The summed E-state index contributed by atoms with van der Waals surface area (Å²) in [6, 6.07) is 1.84. The van der Waals surface area contributed by atoms with Gasteiger partial charge in [0.25, 0.3) is 0 Å². The summed E-state index contributed by atoms with van der Waals surface area (Å²) in [6.07, 6.45) is 5.73. The van der Waals surface area contributed by atoms with E-state index in [-0.39, 0.29) is 0 Å². The van der Waals surface area contributed by atoms with E-state index in [4.69, 9.17) is 11.6 Å². The van der Waals surface area contributed by atoms with Gasteiger partial charge in [-0.2, -0.15) is 0 Å². The summed E-state index contributed by atoms with van der Waals surface area (Å²) in [7, 11) is 0. The first-order chi connectivity index (χ1) is 6.84. The van der Waals surface area contributed by atoms with Crippen LogP contribution in [0.15, 0.2) is 18.5 Å². The summed E-state index contributed by atoms with van der Waals surface area (Å²) in [5.41, 5.74) is 0. The average Bonchev–Trinajstić information content (AvgIpc) is 2.23. The number of aromatic nitrogens is 2. The lowest BCUT2D eigenvalue weighted by atomic mass is 10.1. The van der Waals surface area contributed by atoms with Gasteiger partial charge in [-0.3, -0.25) is 4.90 Å². The van der Waals surface area contributed by atoms with Crippen LogP contribution in [0.4, 0.5) is 0 Å². The Kier molecular flexibility index (Phi) is 3.32. The van der Waals surface area contributed by atoms with Crippen molar-refractivity contribution in [2.75, 3.05) is 13.1 Å². The summed E-state index contributed by atoms with van der Waals surface area (Å²) in [5, 5.41) is 0.364. The van der Waals surface area contributed by atoms with Crippen molar-refractivity contribution in [1.82, 2.24) is 14.9 Å². The van der Waals surface area contributed by atoms with Crippen LogP contribution in [0.3, 0.4) is 0 Å². The van der Waals surface area contributed by atoms with Crippen molar-refractivity contribution >= 4 is 11.6 Å². The maximum absolute atomic E-state index is 6.03. The maximum atomic E-state index is 6.03. The van der Waals surface area contributed by atoms with Crippen molar-refractivity contribution in [2.24, 2.45) is 0 Å². The van der Waals surface area contributed by atoms with Gasteiger partial charge in [-0.25, -0.2) is 9.97 Å². The molecule has 0 aromatic carbocycles. The molecule has 1 saturated heterocycles. The molecule has 2 heterocycles. The smallest absolute Gasteiger partial charge is 0.142 e. The Labute approximate surface area is 89.1 Å². The second kappa shape index (κ2) is 4.71. The van der Waals surface area contributed by atoms with Crippen molar-refractivity contribution in [2.45, 2.75) is 24.8 Å². The van der Waals surface area contributed by atoms with Crippen LogP contribution < -0.4 is 0 Å². The Balaban J connectivity index is 1.87. The van der Waals surface area contributed by atoms with E-state index in [1.165, 1.54) is 0 Å². The molecule has 4 heteroatoms. The standard InChI is InChI=1S/C10H14ClN3/c11-9-2-6-14(7-3-9)8-10-12-4-1-5-13-10/h1,4-5,9H,2-3,6-8H2. The van der Waals surface area contributed by atoms with Gasteiger partial charge < -0.3 is 0 Å². The third-order valence-corrected chi connectivity index (χ3v) is 2.94. The Hall–Kier alpha value is -0.670. The molecule has 1 aromatic heterocycles. The zero-order chi connectivity index (χ0) is 9.80. The summed E-state index contributed by atoms with van der Waals surface area (Å²) >= 11 is 6.03. The summed E-state index contributed by atoms with van der Waals surface area (Å²) in [5.74, 6) is 0.903. The molecule has 76 valence electrons. The van der Waals surface area contributed by atoms with Crippen molar-refractivity contribution in [3.63, 3.8) is 0 Å². The monoisotopic (exact) mass is 211 g/mol. The van der Waals surface area contributed by atoms with Crippen molar-refractivity contribution in [3.8, 4) is 0 Å². The predicted octanol–water partition coefficient (Wildman–Crippen LogP) is 1.68. The Bertz CT molecular complexity index is 270. The second-order valence-corrected chi connectivity index (χ2v) is 4.23. The van der Waals surface area contributed by atoms with Gasteiger partial charge in [-0.15, -0.1) is 11.6 Å². The quantitative estimate of drug-likeness (QED) is 0.697. The van der Waals surface area contributed by atoms with Crippen LogP contribution in [0.25, 0.3) is 0 Å². The first-order valence-corrected chi connectivity index (χ1v) is 5.40. The third kappa shape index (κ3) is 2.66. The van der Waals surface area contributed by atoms with E-state index < -0.39 is 0 Å². The van der Waals surface area contributed by atoms with Gasteiger partial charge in [0.2, 0.25) is 0 Å². The molecule has 0 bridgehead atoms. The number of alkyl halides is 1. The number of likely N-dealkylation sites (tertiary alicyclic amines) is 1. The first-order valence-electron chi connectivity index (χ1n) is 4.97. The first kappa shape index (κ1) is 9.87. The highest BCUT2D eigenvalue weighted by Crippen LogP contribution is 2.16. The molecular formula is C10H14ClN3. The predicted molar refractivity (Wildman–Crippen MR) is 56.2 cm³/mol. The number of piperidine rings is 1. The third-order valence-electron chi connectivity index (χ3n) is 2.50. The highest BCUT2D eigenvalue weighted by molar-refractivity contribution is 6.20. The zero-order valence-corrected chi connectivity index (χ0v) is 8.82. The van der Waals surface area contributed by atoms with Crippen LogP contribution in [0.5, 0.6) is 0 Å². The molecule has 0 spiro atoms. The molecule has 0 amide bonds. The minimum absolute atomic E-state index is 0.364. The molecule has 14 heavy (non-hydrogen) atoms. The molecule has 0 N–H and O–H groups in total. The highest BCUT2D eigenvalue weighted by atomic mass is 35.5. The highest BCUT2D eigenvalue weighted by Gasteiger charge is 2.17. The topological polar surface area (TPSA) is 29.0 Å². The van der Waals surface area contributed by atoms with Crippen LogP contribution in [0.2, 0.25) is 0 Å². The molecule has 0 saturated carbocycles. The van der Waals surface area contributed by atoms with Crippen LogP contribution >= 0.6 is 11.6 Å². The zero-order valence-electron chi connectivity index (χ0n) is 8.06. The lowest BCUT2D eigenvalue weighted by molar-refractivity contribution is 0.218. The number of halogens is 1. The van der Waals surface area contributed by atoms with Crippen LogP contribution in [0, 0.1) is 0 Å². The van der Waals surface area contributed by atoms with Crippen LogP contribution in [-0.2, 0) is 6.54 Å². The van der Waals surface area contributed by atoms with E-state index >= 15 is 0 Å². The molecular weight excluding hydrogens is 198 g/mol. The van der Waals surface area contributed by atoms with Crippen molar-refractivity contribution in [1.29, 1.82) is 0 Å². The molecule has 1 fully saturated rings. The van der Waals surface area contributed by atoms with Gasteiger partial charge in [0, 0.05) is 30.9 Å². The van der Waals surface area contributed by atoms with Gasteiger partial charge in [0.05, 0.1) is 6.54 Å². The summed E-state index contributed by atoms with van der Waals surface area (Å²) in [6.45, 7) is 2.98. The molecule has 1 aliphatic rings. The largest absolute Gasteiger partial charge is 0.296 e. The normalized spacial score (nSPS) is 19.8. The van der Waals surface area contributed by atoms with E-state index in [1.807, 2.05) is 6.07 Å². The summed E-state index contributed by atoms with van der Waals surface area (Å²) < 4.78 is 0. The fourth-order valence-corrected chi connectivity index (χ4v) is 1.87. The molecule has 0 aliphatic carbocycles. The SMILES string of the molecule is ClC1CCN(Cc2ncccn2)CC1. The molecule has 1 aromatic rings. The molecule has 0 atom stereocenters. The number of hydrogen-bond donors (Lipinski definition) is 0. The fraction of sp³-hybridized carbons (Fsp3) is 0.600. The number of hydrogen-bond acceptors (Lipinski definition) is 3. The lowest BCUT2D eigenvalue weighted by Crippen LogP contribution is -2.34. The molecule has 1 aliphatic heterocycles. The Morgan fingerprint density at radius 3 is 2.57 bits per heavy atom. The van der Waals surface area contributed by atoms with Crippen LogP contribution in [-0.4, -0.2) is 33.3 Å². The lowest BCUT2D eigenvalue weighted by Gasteiger charge is -2.28. The van der Waals surface area contributed by atoms with Gasteiger partial charge in [-0.05, 0) is 18.9 Å². The minimum Gasteiger partial charge on any atom is -0.296 e. The van der Waals surface area contributed by atoms with E-state index in [1.54, 1.807) is 12.4 Å². The van der Waals surface area contributed by atoms with Crippen molar-refractivity contribution < 1.29 is 0 Å². The van der Waals surface area contributed by atoms with Gasteiger partial charge in [0.1, 0.15) is 5.82 Å². The summed E-state index contributed by atoms with van der Waals surface area (Å²) in [4.78, 5) is 10.8.